The van der Waals surface area contributed by atoms with Crippen molar-refractivity contribution in [2.24, 2.45) is 0 Å². The van der Waals surface area contributed by atoms with Gasteiger partial charge >= 0.3 is 0 Å². The molecule has 1 N–H and O–H groups in total. The van der Waals surface area contributed by atoms with E-state index in [1.807, 2.05) is 6.92 Å². The van der Waals surface area contributed by atoms with Crippen molar-refractivity contribution in [3.8, 4) is 11.7 Å². The molecule has 0 amide bonds. The summed E-state index contributed by atoms with van der Waals surface area (Å²) in [7, 11) is 0. The quantitative estimate of drug-likeness (QED) is 0.876. The van der Waals surface area contributed by atoms with E-state index in [9.17, 15) is 0 Å². The molecule has 5 heteroatoms. The van der Waals surface area contributed by atoms with Crippen molar-refractivity contribution in [3.05, 3.63) is 29.3 Å². The number of aliphatic hydroxyl groups is 1. The molecular formula is C10H10ClNO3. The van der Waals surface area contributed by atoms with Crippen molar-refractivity contribution in [2.45, 2.75) is 12.8 Å². The Morgan fingerprint density at radius 3 is 2.93 bits per heavy atom. The number of aromatic nitrogens is 1. The first-order valence-electron chi connectivity index (χ1n) is 4.52. The second-order valence-corrected chi connectivity index (χ2v) is 3.64. The van der Waals surface area contributed by atoms with Gasteiger partial charge in [0, 0.05) is 5.92 Å². The predicted molar refractivity (Wildman–Crippen MR) is 54.7 cm³/mol. The number of rotatable bonds is 3. The zero-order valence-corrected chi connectivity index (χ0v) is 8.86. The van der Waals surface area contributed by atoms with Gasteiger partial charge < -0.3 is 13.9 Å². The average Bonchev–Trinajstić information content (AvgIpc) is 2.84. The summed E-state index contributed by atoms with van der Waals surface area (Å²) in [6.07, 6.45) is 1.51. The monoisotopic (exact) mass is 227 g/mol. The van der Waals surface area contributed by atoms with E-state index in [1.165, 1.54) is 6.26 Å². The standard InChI is InChI=1S/C10H10ClNO3/c1-6(4-13)7-5-14-10(12-7)8-2-3-9(11)15-8/h2-3,5-6,13H,4H2,1H3. The Bertz CT molecular complexity index is 449. The summed E-state index contributed by atoms with van der Waals surface area (Å²) >= 11 is 5.63. The molecule has 15 heavy (non-hydrogen) atoms. The van der Waals surface area contributed by atoms with Crippen LogP contribution in [0.15, 0.2) is 27.2 Å². The van der Waals surface area contributed by atoms with Crippen LogP contribution in [-0.4, -0.2) is 16.7 Å². The summed E-state index contributed by atoms with van der Waals surface area (Å²) < 4.78 is 10.4. The lowest BCUT2D eigenvalue weighted by Gasteiger charge is -1.99. The summed E-state index contributed by atoms with van der Waals surface area (Å²) in [5.41, 5.74) is 0.694. The summed E-state index contributed by atoms with van der Waals surface area (Å²) in [6, 6.07) is 3.30. The maximum Gasteiger partial charge on any atom is 0.263 e. The second kappa shape index (κ2) is 4.08. The van der Waals surface area contributed by atoms with Crippen LogP contribution in [0, 0.1) is 0 Å². The molecule has 2 rings (SSSR count). The molecule has 1 atom stereocenters. The molecule has 0 saturated heterocycles. The molecule has 0 spiro atoms. The SMILES string of the molecule is CC(CO)c1coc(-c2ccc(Cl)o2)n1. The Hall–Kier alpha value is -1.26. The van der Waals surface area contributed by atoms with Crippen LogP contribution in [0.1, 0.15) is 18.5 Å². The highest BCUT2D eigenvalue weighted by Crippen LogP contribution is 2.25. The van der Waals surface area contributed by atoms with Crippen LogP contribution in [0.25, 0.3) is 11.7 Å². The zero-order chi connectivity index (χ0) is 10.8. The number of halogens is 1. The minimum Gasteiger partial charge on any atom is -0.442 e. The summed E-state index contributed by atoms with van der Waals surface area (Å²) in [4.78, 5) is 4.19. The minimum atomic E-state index is -0.0482. The van der Waals surface area contributed by atoms with Crippen molar-refractivity contribution in [1.82, 2.24) is 4.98 Å². The highest BCUT2D eigenvalue weighted by molar-refractivity contribution is 6.28. The van der Waals surface area contributed by atoms with Gasteiger partial charge in [0.15, 0.2) is 11.0 Å². The third-order valence-electron chi connectivity index (χ3n) is 2.08. The Morgan fingerprint density at radius 1 is 1.53 bits per heavy atom. The lowest BCUT2D eigenvalue weighted by molar-refractivity contribution is 0.271. The van der Waals surface area contributed by atoms with Crippen LogP contribution in [0.4, 0.5) is 0 Å². The van der Waals surface area contributed by atoms with Crippen LogP contribution in [0.3, 0.4) is 0 Å². The van der Waals surface area contributed by atoms with Crippen molar-refractivity contribution in [1.29, 1.82) is 0 Å². The maximum atomic E-state index is 8.95. The van der Waals surface area contributed by atoms with Gasteiger partial charge in [-0.25, -0.2) is 4.98 Å². The van der Waals surface area contributed by atoms with Gasteiger partial charge in [-0.15, -0.1) is 0 Å². The Labute approximate surface area is 91.5 Å². The van der Waals surface area contributed by atoms with Crippen LogP contribution >= 0.6 is 11.6 Å². The lowest BCUT2D eigenvalue weighted by atomic mass is 10.1. The highest BCUT2D eigenvalue weighted by atomic mass is 35.5. The number of aliphatic hydroxyl groups excluding tert-OH is 1. The normalized spacial score (nSPS) is 13.0. The van der Waals surface area contributed by atoms with E-state index in [-0.39, 0.29) is 12.5 Å². The maximum absolute atomic E-state index is 8.95. The molecule has 0 aliphatic rings. The molecule has 4 nitrogen and oxygen atoms in total. The Morgan fingerprint density at radius 2 is 2.33 bits per heavy atom. The number of furan rings is 1. The number of oxazole rings is 1. The first kappa shape index (κ1) is 10.3. The molecule has 0 aromatic carbocycles. The van der Waals surface area contributed by atoms with E-state index in [1.54, 1.807) is 12.1 Å². The molecule has 0 bridgehead atoms. The average molecular weight is 228 g/mol. The van der Waals surface area contributed by atoms with Crippen LogP contribution in [0.2, 0.25) is 5.22 Å². The molecule has 80 valence electrons. The lowest BCUT2D eigenvalue weighted by Crippen LogP contribution is -1.98. The van der Waals surface area contributed by atoms with Crippen LogP contribution in [-0.2, 0) is 0 Å². The minimum absolute atomic E-state index is 0.0326. The van der Waals surface area contributed by atoms with Gasteiger partial charge in [0.05, 0.1) is 12.3 Å². The number of hydrogen-bond acceptors (Lipinski definition) is 4. The predicted octanol–water partition coefficient (Wildman–Crippen LogP) is 2.68. The van der Waals surface area contributed by atoms with Crippen molar-refractivity contribution in [2.75, 3.05) is 6.61 Å². The summed E-state index contributed by atoms with van der Waals surface area (Å²) in [6.45, 7) is 1.89. The largest absolute Gasteiger partial charge is 0.442 e. The van der Waals surface area contributed by atoms with Gasteiger partial charge in [0.2, 0.25) is 0 Å². The molecule has 2 aromatic rings. The van der Waals surface area contributed by atoms with Crippen molar-refractivity contribution < 1.29 is 13.9 Å². The third kappa shape index (κ3) is 2.06. The second-order valence-electron chi connectivity index (χ2n) is 3.26. The Kier molecular flexibility index (Phi) is 2.79. The smallest absolute Gasteiger partial charge is 0.263 e. The highest BCUT2D eigenvalue weighted by Gasteiger charge is 2.14. The van der Waals surface area contributed by atoms with E-state index in [4.69, 9.17) is 25.5 Å². The fourth-order valence-corrected chi connectivity index (χ4v) is 1.29. The van der Waals surface area contributed by atoms with Gasteiger partial charge in [-0.2, -0.15) is 0 Å². The molecular weight excluding hydrogens is 218 g/mol. The van der Waals surface area contributed by atoms with Gasteiger partial charge in [-0.1, -0.05) is 6.92 Å². The van der Waals surface area contributed by atoms with Crippen LogP contribution < -0.4 is 0 Å². The zero-order valence-electron chi connectivity index (χ0n) is 8.11. The van der Waals surface area contributed by atoms with Gasteiger partial charge in [0.1, 0.15) is 6.26 Å². The first-order valence-corrected chi connectivity index (χ1v) is 4.90. The van der Waals surface area contributed by atoms with E-state index in [0.717, 1.165) is 0 Å². The summed E-state index contributed by atoms with van der Waals surface area (Å²) in [5.74, 6) is 0.807. The van der Waals surface area contributed by atoms with Crippen molar-refractivity contribution in [3.63, 3.8) is 0 Å². The molecule has 1 unspecified atom stereocenters. The number of nitrogens with zero attached hydrogens (tertiary/aromatic N) is 1. The van der Waals surface area contributed by atoms with E-state index >= 15 is 0 Å². The van der Waals surface area contributed by atoms with Gasteiger partial charge in [-0.05, 0) is 23.7 Å². The molecule has 0 saturated carbocycles. The number of hydrogen-bond donors (Lipinski definition) is 1. The van der Waals surface area contributed by atoms with Gasteiger partial charge in [-0.3, -0.25) is 0 Å². The fraction of sp³-hybridized carbons (Fsp3) is 0.300. The van der Waals surface area contributed by atoms with Crippen molar-refractivity contribution >= 4 is 11.6 Å². The molecule has 0 fully saturated rings. The van der Waals surface area contributed by atoms with E-state index in [2.05, 4.69) is 4.98 Å². The van der Waals surface area contributed by atoms with E-state index in [0.29, 0.717) is 22.6 Å². The van der Waals surface area contributed by atoms with Crippen LogP contribution in [0.5, 0.6) is 0 Å². The summed E-state index contributed by atoms with van der Waals surface area (Å²) in [5, 5.41) is 9.24. The first-order chi connectivity index (χ1) is 7.20. The Balaban J connectivity index is 2.27. The molecule has 0 radical (unpaired) electrons. The molecule has 0 aliphatic carbocycles. The fourth-order valence-electron chi connectivity index (χ4n) is 1.15. The topological polar surface area (TPSA) is 59.4 Å². The van der Waals surface area contributed by atoms with E-state index < -0.39 is 0 Å². The molecule has 0 aliphatic heterocycles. The molecule has 2 aromatic heterocycles. The third-order valence-corrected chi connectivity index (χ3v) is 2.29. The molecule has 2 heterocycles. The van der Waals surface area contributed by atoms with Gasteiger partial charge in [0.25, 0.3) is 5.89 Å².